The molecule has 3 nitrogen and oxygen atoms in total. The topological polar surface area (TPSA) is 46.2 Å². The molecule has 0 atom stereocenters. The molecule has 1 N–H and O–H groups in total. The molecule has 84 valence electrons. The number of hydrogen-bond acceptors (Lipinski definition) is 2. The molecule has 0 saturated carbocycles. The summed E-state index contributed by atoms with van der Waals surface area (Å²) in [6, 6.07) is 0. The first-order valence-corrected chi connectivity index (χ1v) is 5.57. The molecule has 0 heterocycles. The van der Waals surface area contributed by atoms with Gasteiger partial charge in [0.1, 0.15) is 0 Å². The van der Waals surface area contributed by atoms with Gasteiger partial charge in [0.15, 0.2) is 0 Å². The lowest BCUT2D eigenvalue weighted by Crippen LogP contribution is -2.27. The molecule has 0 fully saturated rings. The molecule has 0 amide bonds. The van der Waals surface area contributed by atoms with E-state index in [1.807, 2.05) is 0 Å². The van der Waals surface area contributed by atoms with Crippen LogP contribution in [0.3, 0.4) is 0 Å². The third-order valence-corrected chi connectivity index (χ3v) is 2.75. The summed E-state index contributed by atoms with van der Waals surface area (Å²) in [4.78, 5) is 0. The average Bonchev–Trinajstić information content (AvgIpc) is 1.98. The molecule has 0 aliphatic carbocycles. The Bertz CT molecular complexity index is 271. The van der Waals surface area contributed by atoms with Gasteiger partial charge >= 0.3 is 6.18 Å². The summed E-state index contributed by atoms with van der Waals surface area (Å²) >= 11 is 0. The summed E-state index contributed by atoms with van der Waals surface area (Å²) in [5.41, 5.74) is 0. The lowest BCUT2D eigenvalue weighted by atomic mass is 10.3. The van der Waals surface area contributed by atoms with Gasteiger partial charge in [0.25, 0.3) is 0 Å². The van der Waals surface area contributed by atoms with Crippen LogP contribution in [0, 0.1) is 0 Å². The van der Waals surface area contributed by atoms with Crippen LogP contribution in [0.1, 0.15) is 12.8 Å². The van der Waals surface area contributed by atoms with E-state index in [4.69, 9.17) is 0 Å². The van der Waals surface area contributed by atoms with Crippen LogP contribution in [0.25, 0.3) is 0 Å². The van der Waals surface area contributed by atoms with E-state index in [0.717, 1.165) is 0 Å². The lowest BCUT2D eigenvalue weighted by molar-refractivity contribution is -0.134. The fraction of sp³-hybridized carbons (Fsp3) is 0.714. The van der Waals surface area contributed by atoms with Crippen molar-refractivity contribution in [1.82, 2.24) is 4.72 Å². The summed E-state index contributed by atoms with van der Waals surface area (Å²) in [7, 11) is -3.59. The van der Waals surface area contributed by atoms with Crippen molar-refractivity contribution in [1.29, 1.82) is 0 Å². The standard InChI is InChI=1S/C7H12F3NO2S/c1-2-5-11-14(12,13)6-3-4-7(8,9)10/h2,11H,1,3-6H2. The number of nitrogens with one attached hydrogen (secondary N) is 1. The van der Waals surface area contributed by atoms with E-state index in [0.29, 0.717) is 0 Å². The Balaban J connectivity index is 3.83. The second-order valence-electron chi connectivity index (χ2n) is 2.67. The van der Waals surface area contributed by atoms with Crippen LogP contribution in [-0.4, -0.2) is 26.9 Å². The van der Waals surface area contributed by atoms with Crippen molar-refractivity contribution in [3.63, 3.8) is 0 Å². The van der Waals surface area contributed by atoms with Gasteiger partial charge in [-0.3, -0.25) is 0 Å². The first-order chi connectivity index (χ1) is 6.27. The molecule has 0 aromatic carbocycles. The van der Waals surface area contributed by atoms with Gasteiger partial charge in [0.05, 0.1) is 5.75 Å². The van der Waals surface area contributed by atoms with Crippen LogP contribution in [0.15, 0.2) is 12.7 Å². The van der Waals surface area contributed by atoms with Gasteiger partial charge in [-0.1, -0.05) is 6.08 Å². The molecule has 7 heteroatoms. The lowest BCUT2D eigenvalue weighted by Gasteiger charge is -2.06. The number of alkyl halides is 3. The normalized spacial score (nSPS) is 12.8. The fourth-order valence-corrected chi connectivity index (χ4v) is 1.76. The first-order valence-electron chi connectivity index (χ1n) is 3.92. The Labute approximate surface area is 81.0 Å². The number of rotatable bonds is 6. The van der Waals surface area contributed by atoms with Gasteiger partial charge < -0.3 is 0 Å². The minimum atomic E-state index is -4.30. The maximum absolute atomic E-state index is 11.7. The van der Waals surface area contributed by atoms with Crippen molar-refractivity contribution >= 4 is 10.0 Å². The number of sulfonamides is 1. The van der Waals surface area contributed by atoms with Crippen molar-refractivity contribution in [3.05, 3.63) is 12.7 Å². The van der Waals surface area contributed by atoms with Crippen molar-refractivity contribution in [2.24, 2.45) is 0 Å². The van der Waals surface area contributed by atoms with Gasteiger partial charge in [-0.15, -0.1) is 6.58 Å². The Morgan fingerprint density at radius 1 is 1.36 bits per heavy atom. The van der Waals surface area contributed by atoms with Gasteiger partial charge in [0.2, 0.25) is 10.0 Å². The van der Waals surface area contributed by atoms with Gasteiger partial charge in [0, 0.05) is 13.0 Å². The maximum atomic E-state index is 11.7. The zero-order valence-corrected chi connectivity index (χ0v) is 8.29. The smallest absolute Gasteiger partial charge is 0.212 e. The van der Waals surface area contributed by atoms with Crippen molar-refractivity contribution < 1.29 is 21.6 Å². The zero-order valence-electron chi connectivity index (χ0n) is 7.47. The van der Waals surface area contributed by atoms with Gasteiger partial charge in [-0.2, -0.15) is 13.2 Å². The van der Waals surface area contributed by atoms with E-state index in [-0.39, 0.29) is 6.54 Å². The molecule has 0 unspecified atom stereocenters. The van der Waals surface area contributed by atoms with Gasteiger partial charge in [-0.25, -0.2) is 13.1 Å². The summed E-state index contributed by atoms with van der Waals surface area (Å²) in [6.45, 7) is 3.31. The highest BCUT2D eigenvalue weighted by atomic mass is 32.2. The van der Waals surface area contributed by atoms with E-state index in [1.54, 1.807) is 0 Å². The van der Waals surface area contributed by atoms with Crippen molar-refractivity contribution in [2.75, 3.05) is 12.3 Å². The Morgan fingerprint density at radius 3 is 2.36 bits per heavy atom. The number of halogens is 3. The minimum absolute atomic E-state index is 0.0361. The quantitative estimate of drug-likeness (QED) is 0.703. The second-order valence-corrected chi connectivity index (χ2v) is 4.60. The minimum Gasteiger partial charge on any atom is -0.212 e. The zero-order chi connectivity index (χ0) is 11.2. The molecule has 0 rings (SSSR count). The molecule has 14 heavy (non-hydrogen) atoms. The molecule has 0 saturated heterocycles. The molecule has 0 aliphatic heterocycles. The summed E-state index contributed by atoms with van der Waals surface area (Å²) in [5.74, 6) is -0.514. The van der Waals surface area contributed by atoms with Crippen LogP contribution in [0.4, 0.5) is 13.2 Å². The fourth-order valence-electron chi connectivity index (χ4n) is 0.721. The van der Waals surface area contributed by atoms with Crippen LogP contribution < -0.4 is 4.72 Å². The Morgan fingerprint density at radius 2 is 1.93 bits per heavy atom. The highest BCUT2D eigenvalue weighted by Crippen LogP contribution is 2.21. The molecule has 0 spiro atoms. The van der Waals surface area contributed by atoms with Crippen LogP contribution >= 0.6 is 0 Å². The Kier molecular flexibility index (Phi) is 5.14. The molecule has 0 aliphatic rings. The SMILES string of the molecule is C=CCNS(=O)(=O)CCCC(F)(F)F. The molecular weight excluding hydrogens is 219 g/mol. The predicted octanol–water partition coefficient (Wildman–Crippen LogP) is 1.43. The molecule has 0 aromatic rings. The van der Waals surface area contributed by atoms with Crippen LogP contribution in [-0.2, 0) is 10.0 Å². The summed E-state index contributed by atoms with van der Waals surface area (Å²) in [5, 5.41) is 0. The van der Waals surface area contributed by atoms with E-state index in [9.17, 15) is 21.6 Å². The largest absolute Gasteiger partial charge is 0.389 e. The molecular formula is C7H12F3NO2S. The maximum Gasteiger partial charge on any atom is 0.389 e. The van der Waals surface area contributed by atoms with Crippen LogP contribution in [0.2, 0.25) is 0 Å². The van der Waals surface area contributed by atoms with E-state index in [1.165, 1.54) is 6.08 Å². The molecule has 0 bridgehead atoms. The predicted molar refractivity (Wildman–Crippen MR) is 47.3 cm³/mol. The molecule has 0 aromatic heterocycles. The van der Waals surface area contributed by atoms with Crippen LogP contribution in [0.5, 0.6) is 0 Å². The van der Waals surface area contributed by atoms with Crippen molar-refractivity contribution in [3.8, 4) is 0 Å². The first kappa shape index (κ1) is 13.4. The highest BCUT2D eigenvalue weighted by Gasteiger charge is 2.27. The third kappa shape index (κ3) is 8.06. The Hall–Kier alpha value is -0.560. The van der Waals surface area contributed by atoms with E-state index in [2.05, 4.69) is 11.3 Å². The van der Waals surface area contributed by atoms with E-state index >= 15 is 0 Å². The van der Waals surface area contributed by atoms with E-state index < -0.39 is 34.8 Å². The number of hydrogen-bond donors (Lipinski definition) is 1. The summed E-state index contributed by atoms with van der Waals surface area (Å²) in [6.07, 6.45) is -4.48. The third-order valence-electron chi connectivity index (χ3n) is 1.32. The highest BCUT2D eigenvalue weighted by molar-refractivity contribution is 7.89. The second kappa shape index (κ2) is 5.35. The molecule has 0 radical (unpaired) electrons. The van der Waals surface area contributed by atoms with Crippen molar-refractivity contribution in [2.45, 2.75) is 19.0 Å². The average molecular weight is 231 g/mol. The van der Waals surface area contributed by atoms with Gasteiger partial charge in [-0.05, 0) is 6.42 Å². The monoisotopic (exact) mass is 231 g/mol. The summed E-state index contributed by atoms with van der Waals surface area (Å²) < 4.78 is 58.9.